The van der Waals surface area contributed by atoms with E-state index in [4.69, 9.17) is 0 Å². The van der Waals surface area contributed by atoms with Crippen molar-refractivity contribution in [3.63, 3.8) is 0 Å². The van der Waals surface area contributed by atoms with Crippen LogP contribution in [0.4, 0.5) is 0 Å². The third kappa shape index (κ3) is 4.05. The van der Waals surface area contributed by atoms with Gasteiger partial charge in [0, 0.05) is 48.0 Å². The Morgan fingerprint density at radius 1 is 1.15 bits per heavy atom. The summed E-state index contributed by atoms with van der Waals surface area (Å²) in [7, 11) is 0. The number of carbonyl (C=O) groups excluding carboxylic acids is 2. The highest BCUT2D eigenvalue weighted by Gasteiger charge is 2.35. The molecule has 3 rings (SSSR count). The molecule has 0 spiro atoms. The molecule has 0 radical (unpaired) electrons. The van der Waals surface area contributed by atoms with Crippen molar-refractivity contribution < 1.29 is 14.7 Å². The minimum Gasteiger partial charge on any atom is -0.391 e. The Hall–Kier alpha value is -2.80. The summed E-state index contributed by atoms with van der Waals surface area (Å²) in [5.74, 6) is -0.380. The van der Waals surface area contributed by atoms with Gasteiger partial charge in [0.2, 0.25) is 0 Å². The summed E-state index contributed by atoms with van der Waals surface area (Å²) in [5.41, 5.74) is 2.58. The van der Waals surface area contributed by atoms with Gasteiger partial charge < -0.3 is 15.3 Å². The summed E-state index contributed by atoms with van der Waals surface area (Å²) in [5, 5.41) is 12.9. The number of aliphatic hydroxyl groups excluding tert-OH is 1. The van der Waals surface area contributed by atoms with E-state index in [2.05, 4.69) is 15.3 Å². The van der Waals surface area contributed by atoms with Crippen LogP contribution in [0.2, 0.25) is 0 Å². The monoisotopic (exact) mass is 354 g/mol. The van der Waals surface area contributed by atoms with Crippen LogP contribution in [-0.2, 0) is 0 Å². The molecule has 2 atom stereocenters. The van der Waals surface area contributed by atoms with E-state index in [1.165, 1.54) is 0 Å². The topological polar surface area (TPSA) is 95.4 Å². The maximum Gasteiger partial charge on any atom is 0.254 e. The number of β-amino-alcohol motifs (C(OH)–C–C–N with tert-alkyl or cyclic N) is 1. The SMILES string of the molecule is Cc1cc(C(=O)NC[C@H]2C[C@@H](O)CN2C(=O)c2ccnc(C)c2)ccn1. The zero-order valence-corrected chi connectivity index (χ0v) is 14.8. The minimum atomic E-state index is -0.591. The Morgan fingerprint density at radius 3 is 2.42 bits per heavy atom. The van der Waals surface area contributed by atoms with Gasteiger partial charge >= 0.3 is 0 Å². The van der Waals surface area contributed by atoms with Crippen molar-refractivity contribution in [1.29, 1.82) is 0 Å². The lowest BCUT2D eigenvalue weighted by atomic mass is 10.1. The first-order valence-corrected chi connectivity index (χ1v) is 8.56. The van der Waals surface area contributed by atoms with Gasteiger partial charge in [0.1, 0.15) is 0 Å². The number of aliphatic hydroxyl groups is 1. The first kappa shape index (κ1) is 18.0. The van der Waals surface area contributed by atoms with Crippen LogP contribution in [0.5, 0.6) is 0 Å². The fraction of sp³-hybridized carbons (Fsp3) is 0.368. The van der Waals surface area contributed by atoms with Crippen molar-refractivity contribution in [3.05, 3.63) is 59.2 Å². The van der Waals surface area contributed by atoms with Crippen LogP contribution in [0.25, 0.3) is 0 Å². The van der Waals surface area contributed by atoms with Gasteiger partial charge in [-0.15, -0.1) is 0 Å². The summed E-state index contributed by atoms with van der Waals surface area (Å²) in [4.78, 5) is 34.9. The van der Waals surface area contributed by atoms with Gasteiger partial charge in [-0.1, -0.05) is 0 Å². The zero-order valence-electron chi connectivity index (χ0n) is 14.8. The van der Waals surface area contributed by atoms with E-state index in [9.17, 15) is 14.7 Å². The summed E-state index contributed by atoms with van der Waals surface area (Å²) < 4.78 is 0. The quantitative estimate of drug-likeness (QED) is 0.857. The van der Waals surface area contributed by atoms with Gasteiger partial charge in [-0.2, -0.15) is 0 Å². The average molecular weight is 354 g/mol. The molecule has 1 aliphatic heterocycles. The van der Waals surface area contributed by atoms with E-state index in [-0.39, 0.29) is 30.9 Å². The Morgan fingerprint density at radius 2 is 1.77 bits per heavy atom. The number of pyridine rings is 2. The Labute approximate surface area is 152 Å². The molecule has 2 amide bonds. The molecule has 1 fully saturated rings. The normalized spacial score (nSPS) is 19.4. The van der Waals surface area contributed by atoms with Crippen LogP contribution in [0.3, 0.4) is 0 Å². The number of carbonyl (C=O) groups is 2. The van der Waals surface area contributed by atoms with Gasteiger partial charge in [-0.05, 0) is 44.5 Å². The maximum atomic E-state index is 12.8. The predicted molar refractivity (Wildman–Crippen MR) is 95.7 cm³/mol. The third-order valence-corrected chi connectivity index (χ3v) is 4.45. The molecule has 2 aromatic heterocycles. The number of hydrogen-bond donors (Lipinski definition) is 2. The second kappa shape index (κ2) is 7.61. The molecule has 2 N–H and O–H groups in total. The second-order valence-corrected chi connectivity index (χ2v) is 6.58. The number of aromatic nitrogens is 2. The zero-order chi connectivity index (χ0) is 18.7. The van der Waals surface area contributed by atoms with E-state index in [0.717, 1.165) is 11.4 Å². The van der Waals surface area contributed by atoms with Crippen LogP contribution < -0.4 is 5.32 Å². The molecule has 3 heterocycles. The second-order valence-electron chi connectivity index (χ2n) is 6.58. The van der Waals surface area contributed by atoms with E-state index >= 15 is 0 Å². The van der Waals surface area contributed by atoms with Crippen molar-refractivity contribution in [2.45, 2.75) is 32.4 Å². The molecule has 2 aromatic rings. The molecule has 0 bridgehead atoms. The number of nitrogens with one attached hydrogen (secondary N) is 1. The minimum absolute atomic E-state index is 0.161. The van der Waals surface area contributed by atoms with Crippen LogP contribution in [0.15, 0.2) is 36.7 Å². The van der Waals surface area contributed by atoms with Gasteiger partial charge in [-0.25, -0.2) is 0 Å². The number of aryl methyl sites for hydroxylation is 2. The number of rotatable bonds is 4. The molecule has 1 saturated heterocycles. The van der Waals surface area contributed by atoms with Crippen LogP contribution in [0.1, 0.15) is 38.5 Å². The van der Waals surface area contributed by atoms with E-state index in [1.54, 1.807) is 41.6 Å². The first-order chi connectivity index (χ1) is 12.4. The summed E-state index contributed by atoms with van der Waals surface area (Å²) in [6, 6.07) is 6.49. The number of likely N-dealkylation sites (tertiary alicyclic amines) is 1. The Bertz CT molecular complexity index is 824. The number of hydrogen-bond acceptors (Lipinski definition) is 5. The molecule has 1 aliphatic rings. The molecule has 0 aromatic carbocycles. The summed E-state index contributed by atoms with van der Waals surface area (Å²) >= 11 is 0. The molecule has 7 heteroatoms. The Kier molecular flexibility index (Phi) is 5.27. The van der Waals surface area contributed by atoms with Gasteiger partial charge in [0.15, 0.2) is 0 Å². The van der Waals surface area contributed by atoms with Crippen LogP contribution in [-0.4, -0.2) is 57.0 Å². The molecule has 0 aliphatic carbocycles. The fourth-order valence-electron chi connectivity index (χ4n) is 3.18. The smallest absolute Gasteiger partial charge is 0.254 e. The van der Waals surface area contributed by atoms with Gasteiger partial charge in [0.05, 0.1) is 12.1 Å². The van der Waals surface area contributed by atoms with Crippen LogP contribution >= 0.6 is 0 Å². The van der Waals surface area contributed by atoms with E-state index in [0.29, 0.717) is 17.5 Å². The van der Waals surface area contributed by atoms with Crippen molar-refractivity contribution >= 4 is 11.8 Å². The fourth-order valence-corrected chi connectivity index (χ4v) is 3.18. The first-order valence-electron chi connectivity index (χ1n) is 8.56. The van der Waals surface area contributed by atoms with Crippen molar-refractivity contribution in [2.24, 2.45) is 0 Å². The number of nitrogens with zero attached hydrogens (tertiary/aromatic N) is 3. The lowest BCUT2D eigenvalue weighted by molar-refractivity contribution is 0.0707. The summed E-state index contributed by atoms with van der Waals surface area (Å²) in [6.45, 7) is 4.19. The van der Waals surface area contributed by atoms with Crippen molar-refractivity contribution in [2.75, 3.05) is 13.1 Å². The molecular formula is C19H22N4O3. The highest BCUT2D eigenvalue weighted by atomic mass is 16.3. The predicted octanol–water partition coefficient (Wildman–Crippen LogP) is 1.10. The molecule has 26 heavy (non-hydrogen) atoms. The highest BCUT2D eigenvalue weighted by Crippen LogP contribution is 2.20. The van der Waals surface area contributed by atoms with Crippen LogP contribution in [0, 0.1) is 13.8 Å². The third-order valence-electron chi connectivity index (χ3n) is 4.45. The van der Waals surface area contributed by atoms with Gasteiger partial charge in [0.25, 0.3) is 11.8 Å². The van der Waals surface area contributed by atoms with E-state index in [1.807, 2.05) is 13.8 Å². The van der Waals surface area contributed by atoms with Crippen molar-refractivity contribution in [3.8, 4) is 0 Å². The lowest BCUT2D eigenvalue weighted by Gasteiger charge is -2.25. The standard InChI is InChI=1S/C19H22N4O3/c1-12-7-14(3-5-20-12)18(25)22-10-16-9-17(24)11-23(16)19(26)15-4-6-21-13(2)8-15/h3-8,16-17,24H,9-11H2,1-2H3,(H,22,25)/t16-,17-/m1/s1. The maximum absolute atomic E-state index is 12.8. The highest BCUT2D eigenvalue weighted by molar-refractivity contribution is 5.95. The van der Waals surface area contributed by atoms with Crippen molar-refractivity contribution in [1.82, 2.24) is 20.2 Å². The average Bonchev–Trinajstić information content (AvgIpc) is 2.99. The lowest BCUT2D eigenvalue weighted by Crippen LogP contribution is -2.43. The largest absolute Gasteiger partial charge is 0.391 e. The molecule has 0 saturated carbocycles. The molecule has 0 unspecified atom stereocenters. The van der Waals surface area contributed by atoms with E-state index < -0.39 is 6.10 Å². The molecule has 136 valence electrons. The Balaban J connectivity index is 1.68. The molecular weight excluding hydrogens is 332 g/mol. The molecule has 7 nitrogen and oxygen atoms in total. The summed E-state index contributed by atoms with van der Waals surface area (Å²) in [6.07, 6.45) is 3.03. The van der Waals surface area contributed by atoms with Gasteiger partial charge in [-0.3, -0.25) is 19.6 Å². The number of amides is 2.